The van der Waals surface area contributed by atoms with Crippen LogP contribution in [0.5, 0.6) is 0 Å². The van der Waals surface area contributed by atoms with Crippen LogP contribution in [-0.4, -0.2) is 17.1 Å². The molecule has 1 saturated carbocycles. The van der Waals surface area contributed by atoms with Crippen LogP contribution in [0.25, 0.3) is 0 Å². The van der Waals surface area contributed by atoms with Gasteiger partial charge in [0.05, 0.1) is 18.4 Å². The molecule has 0 amide bonds. The molecule has 2 N–H and O–H groups in total. The molecule has 0 aromatic carbocycles. The predicted molar refractivity (Wildman–Crippen MR) is 68.5 cm³/mol. The van der Waals surface area contributed by atoms with Gasteiger partial charge in [-0.15, -0.1) is 0 Å². The summed E-state index contributed by atoms with van der Waals surface area (Å²) in [5.41, 5.74) is 6.44. The highest BCUT2D eigenvalue weighted by Gasteiger charge is 2.30. The second-order valence-corrected chi connectivity index (χ2v) is 5.10. The molecule has 3 nitrogen and oxygen atoms in total. The summed E-state index contributed by atoms with van der Waals surface area (Å²) in [6.45, 7) is 0.928. The lowest BCUT2D eigenvalue weighted by molar-refractivity contribution is -0.0603. The van der Waals surface area contributed by atoms with Crippen LogP contribution in [0.3, 0.4) is 0 Å². The van der Waals surface area contributed by atoms with Gasteiger partial charge in [-0.05, 0) is 24.5 Å². The zero-order valence-corrected chi connectivity index (χ0v) is 10.7. The highest BCUT2D eigenvalue weighted by atomic mass is 19.1. The molecule has 1 fully saturated rings. The van der Waals surface area contributed by atoms with E-state index in [1.54, 1.807) is 6.20 Å². The first kappa shape index (κ1) is 13.4. The molecular weight excluding hydrogens is 231 g/mol. The Morgan fingerprint density at radius 3 is 2.56 bits per heavy atom. The van der Waals surface area contributed by atoms with E-state index in [0.717, 1.165) is 18.4 Å². The molecule has 2 rings (SSSR count). The van der Waals surface area contributed by atoms with Crippen molar-refractivity contribution in [1.29, 1.82) is 0 Å². The molecule has 0 bridgehead atoms. The number of nitrogens with two attached hydrogens (primary N) is 1. The van der Waals surface area contributed by atoms with Gasteiger partial charge in [0, 0.05) is 12.7 Å². The van der Waals surface area contributed by atoms with E-state index in [1.807, 2.05) is 0 Å². The Balaban J connectivity index is 1.97. The van der Waals surface area contributed by atoms with Crippen LogP contribution in [0, 0.1) is 5.82 Å². The van der Waals surface area contributed by atoms with E-state index in [2.05, 4.69) is 4.98 Å². The van der Waals surface area contributed by atoms with E-state index >= 15 is 0 Å². The first-order valence-corrected chi connectivity index (χ1v) is 6.68. The van der Waals surface area contributed by atoms with E-state index in [-0.39, 0.29) is 11.4 Å². The second kappa shape index (κ2) is 6.25. The van der Waals surface area contributed by atoms with Crippen molar-refractivity contribution in [3.8, 4) is 0 Å². The van der Waals surface area contributed by atoms with Crippen molar-refractivity contribution < 1.29 is 9.13 Å². The van der Waals surface area contributed by atoms with Crippen LogP contribution >= 0.6 is 0 Å². The van der Waals surface area contributed by atoms with Gasteiger partial charge in [-0.2, -0.15) is 0 Å². The van der Waals surface area contributed by atoms with Gasteiger partial charge in [-0.25, -0.2) is 4.39 Å². The number of hydrogen-bond donors (Lipinski definition) is 1. The van der Waals surface area contributed by atoms with Crippen LogP contribution in [0.4, 0.5) is 4.39 Å². The SMILES string of the molecule is NCC1(OCc2cncc(F)c2)CCCCCC1. The molecule has 1 aromatic rings. The number of nitrogens with zero attached hydrogens (tertiary/aromatic N) is 1. The zero-order valence-electron chi connectivity index (χ0n) is 10.7. The van der Waals surface area contributed by atoms with Crippen LogP contribution in [0.2, 0.25) is 0 Å². The standard InChI is InChI=1S/C14H21FN2O/c15-13-7-12(8-17-9-13)10-18-14(11-16)5-3-1-2-4-6-14/h7-9H,1-6,10-11,16H2. The molecule has 0 unspecified atom stereocenters. The summed E-state index contributed by atoms with van der Waals surface area (Å²) in [5, 5.41) is 0. The summed E-state index contributed by atoms with van der Waals surface area (Å²) in [6.07, 6.45) is 9.70. The highest BCUT2D eigenvalue weighted by molar-refractivity contribution is 5.09. The van der Waals surface area contributed by atoms with Gasteiger partial charge < -0.3 is 10.5 Å². The quantitative estimate of drug-likeness (QED) is 0.838. The number of rotatable bonds is 4. The summed E-state index contributed by atoms with van der Waals surface area (Å²) >= 11 is 0. The average molecular weight is 252 g/mol. The van der Waals surface area contributed by atoms with Gasteiger partial charge in [0.2, 0.25) is 0 Å². The molecule has 0 radical (unpaired) electrons. The molecule has 0 atom stereocenters. The van der Waals surface area contributed by atoms with Gasteiger partial charge in [0.15, 0.2) is 0 Å². The molecule has 0 aliphatic heterocycles. The van der Waals surface area contributed by atoms with Crippen molar-refractivity contribution in [2.75, 3.05) is 6.54 Å². The molecule has 0 spiro atoms. The first-order valence-electron chi connectivity index (χ1n) is 6.68. The maximum Gasteiger partial charge on any atom is 0.141 e. The van der Waals surface area contributed by atoms with Gasteiger partial charge in [-0.1, -0.05) is 25.7 Å². The summed E-state index contributed by atoms with van der Waals surface area (Å²) < 4.78 is 19.0. The third kappa shape index (κ3) is 3.50. The number of halogens is 1. The minimum atomic E-state index is -0.321. The van der Waals surface area contributed by atoms with Crippen molar-refractivity contribution in [3.05, 3.63) is 29.8 Å². The van der Waals surface area contributed by atoms with Crippen molar-refractivity contribution in [2.24, 2.45) is 5.73 Å². The van der Waals surface area contributed by atoms with Crippen molar-refractivity contribution in [1.82, 2.24) is 4.98 Å². The Bertz CT molecular complexity index is 376. The maximum atomic E-state index is 13.0. The molecule has 100 valence electrons. The maximum absolute atomic E-state index is 13.0. The van der Waals surface area contributed by atoms with E-state index in [0.29, 0.717) is 13.2 Å². The lowest BCUT2D eigenvalue weighted by atomic mass is 9.94. The fourth-order valence-electron chi connectivity index (χ4n) is 2.55. The Morgan fingerprint density at radius 1 is 1.22 bits per heavy atom. The molecule has 1 aliphatic rings. The Hall–Kier alpha value is -1.00. The third-order valence-electron chi connectivity index (χ3n) is 3.69. The lowest BCUT2D eigenvalue weighted by Crippen LogP contribution is -2.40. The molecule has 18 heavy (non-hydrogen) atoms. The predicted octanol–water partition coefficient (Wildman–Crippen LogP) is 2.79. The summed E-state index contributed by atoms with van der Waals surface area (Å²) in [4.78, 5) is 3.83. The van der Waals surface area contributed by atoms with Gasteiger partial charge >= 0.3 is 0 Å². The zero-order chi connectivity index (χ0) is 12.8. The van der Waals surface area contributed by atoms with E-state index in [1.165, 1.54) is 37.9 Å². The van der Waals surface area contributed by atoms with Crippen LogP contribution in [0.1, 0.15) is 44.1 Å². The number of aromatic nitrogens is 1. The largest absolute Gasteiger partial charge is 0.369 e. The smallest absolute Gasteiger partial charge is 0.141 e. The normalized spacial score (nSPS) is 19.4. The van der Waals surface area contributed by atoms with Gasteiger partial charge in [0.25, 0.3) is 0 Å². The van der Waals surface area contributed by atoms with Crippen molar-refractivity contribution in [2.45, 2.75) is 50.7 Å². The monoisotopic (exact) mass is 252 g/mol. The summed E-state index contributed by atoms with van der Waals surface area (Å²) in [5.74, 6) is -0.321. The first-order chi connectivity index (χ1) is 8.74. The van der Waals surface area contributed by atoms with E-state index in [9.17, 15) is 4.39 Å². The van der Waals surface area contributed by atoms with Gasteiger partial charge in [-0.3, -0.25) is 4.98 Å². The minimum absolute atomic E-state index is 0.219. The fraction of sp³-hybridized carbons (Fsp3) is 0.643. The van der Waals surface area contributed by atoms with Crippen LogP contribution < -0.4 is 5.73 Å². The minimum Gasteiger partial charge on any atom is -0.369 e. The summed E-state index contributed by atoms with van der Waals surface area (Å²) in [7, 11) is 0. The molecule has 0 saturated heterocycles. The molecule has 1 aliphatic carbocycles. The fourth-order valence-corrected chi connectivity index (χ4v) is 2.55. The second-order valence-electron chi connectivity index (χ2n) is 5.10. The van der Waals surface area contributed by atoms with Gasteiger partial charge in [0.1, 0.15) is 5.82 Å². The lowest BCUT2D eigenvalue weighted by Gasteiger charge is -2.31. The van der Waals surface area contributed by atoms with E-state index < -0.39 is 0 Å². The number of pyridine rings is 1. The van der Waals surface area contributed by atoms with Crippen molar-refractivity contribution in [3.63, 3.8) is 0 Å². The topological polar surface area (TPSA) is 48.1 Å². The Morgan fingerprint density at radius 2 is 1.94 bits per heavy atom. The Labute approximate surface area is 108 Å². The molecular formula is C14H21FN2O. The Kier molecular flexibility index (Phi) is 4.66. The molecule has 4 heteroatoms. The van der Waals surface area contributed by atoms with E-state index in [4.69, 9.17) is 10.5 Å². The van der Waals surface area contributed by atoms with Crippen LogP contribution in [0.15, 0.2) is 18.5 Å². The van der Waals surface area contributed by atoms with Crippen LogP contribution in [-0.2, 0) is 11.3 Å². The molecule has 1 heterocycles. The highest BCUT2D eigenvalue weighted by Crippen LogP contribution is 2.30. The average Bonchev–Trinajstić information content (AvgIpc) is 2.63. The number of ether oxygens (including phenoxy) is 1. The third-order valence-corrected chi connectivity index (χ3v) is 3.69. The summed E-state index contributed by atoms with van der Waals surface area (Å²) in [6, 6.07) is 1.47. The number of hydrogen-bond acceptors (Lipinski definition) is 3. The van der Waals surface area contributed by atoms with Crippen molar-refractivity contribution >= 4 is 0 Å². The molecule has 1 aromatic heterocycles.